The van der Waals surface area contributed by atoms with Gasteiger partial charge in [-0.3, -0.25) is 0 Å². The lowest BCUT2D eigenvalue weighted by molar-refractivity contribution is 0.398. The van der Waals surface area contributed by atoms with Crippen molar-refractivity contribution in [2.45, 2.75) is 10.1 Å². The highest BCUT2D eigenvalue weighted by Gasteiger charge is 2.15. The molecule has 96 valence electrons. The zero-order valence-corrected chi connectivity index (χ0v) is 11.2. The monoisotopic (exact) mass is 294 g/mol. The molecule has 0 radical (unpaired) electrons. The molecule has 3 aromatic rings. The second-order valence-corrected chi connectivity index (χ2v) is 4.72. The molecule has 0 saturated carbocycles. The molecule has 0 saturated heterocycles. The van der Waals surface area contributed by atoms with Gasteiger partial charge in [-0.25, -0.2) is 24.9 Å². The van der Waals surface area contributed by atoms with Crippen molar-refractivity contribution in [3.05, 3.63) is 24.1 Å². The van der Waals surface area contributed by atoms with Crippen LogP contribution in [0.15, 0.2) is 29.0 Å². The number of hydrogen-bond acceptors (Lipinski definition) is 7. The number of fused-ring (bicyclic) bond motifs is 1. The maximum absolute atomic E-state index is 5.95. The molecule has 0 amide bonds. The van der Waals surface area contributed by atoms with Gasteiger partial charge in [-0.15, -0.1) is 0 Å². The van der Waals surface area contributed by atoms with E-state index in [2.05, 4.69) is 29.9 Å². The smallest absolute Gasteiger partial charge is 0.188 e. The van der Waals surface area contributed by atoms with Gasteiger partial charge >= 0.3 is 0 Å². The zero-order valence-electron chi connectivity index (χ0n) is 9.66. The summed E-state index contributed by atoms with van der Waals surface area (Å²) in [6.07, 6.45) is 4.38. The molecule has 0 aliphatic carbocycles. The van der Waals surface area contributed by atoms with Gasteiger partial charge in [-0.1, -0.05) is 11.6 Å². The van der Waals surface area contributed by atoms with Crippen LogP contribution in [0.25, 0.3) is 11.2 Å². The number of nitrogens with zero attached hydrogens (tertiary/aromatic N) is 5. The second-order valence-electron chi connectivity index (χ2n) is 3.38. The summed E-state index contributed by atoms with van der Waals surface area (Å²) in [6.45, 7) is 0. The number of methoxy groups -OCH3 is 1. The Bertz CT molecular complexity index is 733. The predicted molar refractivity (Wildman–Crippen MR) is 69.4 cm³/mol. The fraction of sp³-hybridized carbons (Fsp3) is 0.100. The van der Waals surface area contributed by atoms with Crippen LogP contribution in [0.1, 0.15) is 0 Å². The highest BCUT2D eigenvalue weighted by atomic mass is 35.5. The molecule has 0 unspecified atom stereocenters. The quantitative estimate of drug-likeness (QED) is 0.738. The van der Waals surface area contributed by atoms with E-state index in [0.717, 1.165) is 5.52 Å². The third-order valence-electron chi connectivity index (χ3n) is 2.31. The first-order chi connectivity index (χ1) is 9.29. The number of halogens is 1. The predicted octanol–water partition coefficient (Wildman–Crippen LogP) is 1.96. The highest BCUT2D eigenvalue weighted by Crippen LogP contribution is 2.36. The number of aromatic amines is 1. The number of H-pyrrole nitrogens is 1. The van der Waals surface area contributed by atoms with Crippen molar-refractivity contribution in [3.63, 3.8) is 0 Å². The molecule has 7 nitrogen and oxygen atoms in total. The third kappa shape index (κ3) is 2.20. The van der Waals surface area contributed by atoms with E-state index >= 15 is 0 Å². The fourth-order valence-electron chi connectivity index (χ4n) is 1.49. The Morgan fingerprint density at radius 3 is 2.74 bits per heavy atom. The van der Waals surface area contributed by atoms with Crippen molar-refractivity contribution in [3.8, 4) is 5.75 Å². The van der Waals surface area contributed by atoms with Crippen LogP contribution < -0.4 is 4.74 Å². The van der Waals surface area contributed by atoms with Gasteiger partial charge in [0.1, 0.15) is 28.2 Å². The lowest BCUT2D eigenvalue weighted by atomic mass is 10.6. The Morgan fingerprint density at radius 2 is 1.89 bits per heavy atom. The number of hydrogen-bond donors (Lipinski definition) is 1. The molecule has 3 rings (SSSR count). The van der Waals surface area contributed by atoms with Crippen molar-refractivity contribution >= 4 is 34.5 Å². The van der Waals surface area contributed by atoms with Gasteiger partial charge in [0.2, 0.25) is 0 Å². The van der Waals surface area contributed by atoms with Crippen LogP contribution in [-0.2, 0) is 0 Å². The molecule has 0 atom stereocenters. The van der Waals surface area contributed by atoms with Gasteiger partial charge in [0.25, 0.3) is 0 Å². The molecule has 0 aliphatic rings. The Hall–Kier alpha value is -1.93. The van der Waals surface area contributed by atoms with E-state index in [4.69, 9.17) is 16.3 Å². The van der Waals surface area contributed by atoms with Crippen molar-refractivity contribution in [2.24, 2.45) is 0 Å². The molecule has 19 heavy (non-hydrogen) atoms. The molecule has 3 heterocycles. The van der Waals surface area contributed by atoms with Crippen LogP contribution in [0.3, 0.4) is 0 Å². The van der Waals surface area contributed by atoms with Crippen LogP contribution >= 0.6 is 23.4 Å². The first-order valence-electron chi connectivity index (χ1n) is 5.16. The molecule has 1 N–H and O–H groups in total. The minimum Gasteiger partial charge on any atom is -0.491 e. The summed E-state index contributed by atoms with van der Waals surface area (Å²) in [4.78, 5) is 23.3. The van der Waals surface area contributed by atoms with E-state index in [1.54, 1.807) is 6.33 Å². The number of rotatable bonds is 3. The van der Waals surface area contributed by atoms with E-state index in [1.165, 1.54) is 31.5 Å². The van der Waals surface area contributed by atoms with E-state index in [0.29, 0.717) is 21.4 Å². The Morgan fingerprint density at radius 1 is 1.11 bits per heavy atom. The van der Waals surface area contributed by atoms with E-state index in [9.17, 15) is 0 Å². The lowest BCUT2D eigenvalue weighted by Gasteiger charge is -2.07. The van der Waals surface area contributed by atoms with Crippen molar-refractivity contribution in [2.75, 3.05) is 7.11 Å². The summed E-state index contributed by atoms with van der Waals surface area (Å²) >= 11 is 7.25. The first-order valence-corrected chi connectivity index (χ1v) is 6.35. The molecule has 0 aliphatic heterocycles. The number of aromatic nitrogens is 6. The average Bonchev–Trinajstić information content (AvgIpc) is 2.88. The van der Waals surface area contributed by atoms with Gasteiger partial charge in [-0.2, -0.15) is 0 Å². The molecular formula is C10H7ClN6OS. The first kappa shape index (κ1) is 12.1. The number of nitrogens with one attached hydrogen (secondary N) is 1. The molecule has 0 fully saturated rings. The van der Waals surface area contributed by atoms with Crippen LogP contribution in [0, 0.1) is 0 Å². The molecule has 9 heteroatoms. The van der Waals surface area contributed by atoms with E-state index < -0.39 is 0 Å². The van der Waals surface area contributed by atoms with Gasteiger partial charge in [0.15, 0.2) is 16.5 Å². The fourth-order valence-corrected chi connectivity index (χ4v) is 2.67. The third-order valence-corrected chi connectivity index (χ3v) is 3.57. The lowest BCUT2D eigenvalue weighted by Crippen LogP contribution is -1.94. The SMILES string of the molecule is COc1c(Cl)ncnc1Sc1ncnc2nc[nH]c12. The standard InChI is InChI=1S/C10H7ClN6OS/c1-18-6-7(11)13-3-17-10(6)19-9-5-8(14-2-12-5)15-4-16-9/h2-4H,1H3,(H,12,14,15,16). The highest BCUT2D eigenvalue weighted by molar-refractivity contribution is 7.99. The summed E-state index contributed by atoms with van der Waals surface area (Å²) < 4.78 is 5.19. The summed E-state index contributed by atoms with van der Waals surface area (Å²) in [5.41, 5.74) is 1.33. The van der Waals surface area contributed by atoms with Crippen LogP contribution in [0.2, 0.25) is 5.15 Å². The van der Waals surface area contributed by atoms with Gasteiger partial charge in [-0.05, 0) is 11.8 Å². The minimum atomic E-state index is 0.259. The van der Waals surface area contributed by atoms with E-state index in [1.807, 2.05) is 0 Å². The average molecular weight is 295 g/mol. The van der Waals surface area contributed by atoms with Crippen molar-refractivity contribution in [1.82, 2.24) is 29.9 Å². The molecule has 3 aromatic heterocycles. The van der Waals surface area contributed by atoms with Gasteiger partial charge < -0.3 is 9.72 Å². The van der Waals surface area contributed by atoms with Crippen molar-refractivity contribution in [1.29, 1.82) is 0 Å². The van der Waals surface area contributed by atoms with E-state index in [-0.39, 0.29) is 5.15 Å². The van der Waals surface area contributed by atoms with Crippen molar-refractivity contribution < 1.29 is 4.74 Å². The Kier molecular flexibility index (Phi) is 3.18. The second kappa shape index (κ2) is 4.98. The summed E-state index contributed by atoms with van der Waals surface area (Å²) in [5.74, 6) is 0.417. The van der Waals surface area contributed by atoms with Gasteiger partial charge in [0.05, 0.1) is 13.4 Å². The normalized spacial score (nSPS) is 10.8. The van der Waals surface area contributed by atoms with Crippen LogP contribution in [0.4, 0.5) is 0 Å². The van der Waals surface area contributed by atoms with Crippen LogP contribution in [0.5, 0.6) is 5.75 Å². The molecular weight excluding hydrogens is 288 g/mol. The maximum Gasteiger partial charge on any atom is 0.188 e. The van der Waals surface area contributed by atoms with Gasteiger partial charge in [0, 0.05) is 0 Å². The summed E-state index contributed by atoms with van der Waals surface area (Å²) in [5, 5.41) is 1.53. The topological polar surface area (TPSA) is 89.5 Å². The number of ether oxygens (including phenoxy) is 1. The molecule has 0 aromatic carbocycles. The zero-order chi connectivity index (χ0) is 13.2. The molecule has 0 bridgehead atoms. The maximum atomic E-state index is 5.95. The minimum absolute atomic E-state index is 0.259. The number of imidazole rings is 1. The van der Waals surface area contributed by atoms with Crippen LogP contribution in [-0.4, -0.2) is 37.0 Å². The summed E-state index contributed by atoms with van der Waals surface area (Å²) in [7, 11) is 1.51. The largest absolute Gasteiger partial charge is 0.491 e. The Balaban J connectivity index is 2.06. The summed E-state index contributed by atoms with van der Waals surface area (Å²) in [6, 6.07) is 0. The Labute approximate surface area is 116 Å². The molecule has 0 spiro atoms.